The molecule has 0 saturated carbocycles. The summed E-state index contributed by atoms with van der Waals surface area (Å²) in [5.41, 5.74) is 0. The molecule has 2 N–H and O–H groups in total. The van der Waals surface area contributed by atoms with Crippen LogP contribution in [0.25, 0.3) is 0 Å². The zero-order valence-electron chi connectivity index (χ0n) is 13.8. The Morgan fingerprint density at radius 3 is 2.83 bits per heavy atom. The Hall–Kier alpha value is -1.02. The first-order valence-electron chi connectivity index (χ1n) is 8.20. The van der Waals surface area contributed by atoms with E-state index in [0.29, 0.717) is 6.61 Å². The fraction of sp³-hybridized carbons (Fsp3) is 0.588. The van der Waals surface area contributed by atoms with Crippen LogP contribution in [0.15, 0.2) is 35.3 Å². The maximum atomic E-state index is 5.67. The molecule has 1 aromatic rings. The molecule has 0 amide bonds. The normalized spacial score (nSPS) is 17.4. The number of para-hydroxylation sites is 1. The summed E-state index contributed by atoms with van der Waals surface area (Å²) in [6, 6.07) is 9.89. The van der Waals surface area contributed by atoms with Crippen LogP contribution in [0.2, 0.25) is 0 Å². The predicted octanol–water partition coefficient (Wildman–Crippen LogP) is 2.81. The lowest BCUT2D eigenvalue weighted by molar-refractivity contribution is 0.117. The molecule has 0 aliphatic carbocycles. The molecule has 0 spiro atoms. The van der Waals surface area contributed by atoms with E-state index in [2.05, 4.69) is 22.5 Å². The van der Waals surface area contributed by atoms with Crippen molar-refractivity contribution in [1.29, 1.82) is 0 Å². The zero-order chi connectivity index (χ0) is 15.5. The van der Waals surface area contributed by atoms with Gasteiger partial charge in [-0.1, -0.05) is 18.2 Å². The third kappa shape index (κ3) is 8.41. The van der Waals surface area contributed by atoms with E-state index in [1.54, 1.807) is 0 Å². The molecule has 1 unspecified atom stereocenters. The minimum atomic E-state index is 0. The molecule has 1 aromatic carbocycles. The Morgan fingerprint density at radius 1 is 1.30 bits per heavy atom. The molecule has 0 aromatic heterocycles. The fourth-order valence-electron chi connectivity index (χ4n) is 2.31. The molecule has 23 heavy (non-hydrogen) atoms. The van der Waals surface area contributed by atoms with Crippen molar-refractivity contribution in [3.8, 4) is 5.75 Å². The summed E-state index contributed by atoms with van der Waals surface area (Å²) in [4.78, 5) is 4.58. The molecule has 1 atom stereocenters. The molecule has 2 rings (SSSR count). The highest BCUT2D eigenvalue weighted by Gasteiger charge is 2.14. The number of hydrogen-bond acceptors (Lipinski definition) is 3. The van der Waals surface area contributed by atoms with Gasteiger partial charge in [0, 0.05) is 19.7 Å². The highest BCUT2D eigenvalue weighted by atomic mass is 127. The summed E-state index contributed by atoms with van der Waals surface area (Å²) in [6.07, 6.45) is 3.49. The van der Waals surface area contributed by atoms with Crippen molar-refractivity contribution < 1.29 is 9.47 Å². The Kier molecular flexibility index (Phi) is 10.8. The molecular formula is C17H28IN3O2. The molecule has 130 valence electrons. The van der Waals surface area contributed by atoms with E-state index >= 15 is 0 Å². The van der Waals surface area contributed by atoms with E-state index < -0.39 is 0 Å². The highest BCUT2D eigenvalue weighted by molar-refractivity contribution is 14.0. The number of rotatable bonds is 8. The Morgan fingerprint density at radius 2 is 2.13 bits per heavy atom. The van der Waals surface area contributed by atoms with Crippen molar-refractivity contribution >= 4 is 29.9 Å². The molecule has 1 heterocycles. The maximum Gasteiger partial charge on any atom is 0.191 e. The van der Waals surface area contributed by atoms with E-state index in [9.17, 15) is 0 Å². The van der Waals surface area contributed by atoms with Gasteiger partial charge in [0.25, 0.3) is 0 Å². The number of nitrogens with one attached hydrogen (secondary N) is 2. The fourth-order valence-corrected chi connectivity index (χ4v) is 2.31. The molecule has 5 nitrogen and oxygen atoms in total. The largest absolute Gasteiger partial charge is 0.494 e. The quantitative estimate of drug-likeness (QED) is 0.287. The number of ether oxygens (including phenoxy) is 2. The van der Waals surface area contributed by atoms with Gasteiger partial charge < -0.3 is 20.1 Å². The summed E-state index contributed by atoms with van der Waals surface area (Å²) >= 11 is 0. The van der Waals surface area contributed by atoms with Gasteiger partial charge in [0.05, 0.1) is 19.3 Å². The van der Waals surface area contributed by atoms with Gasteiger partial charge >= 0.3 is 0 Å². The molecule has 0 radical (unpaired) electrons. The lowest BCUT2D eigenvalue weighted by Crippen LogP contribution is -2.38. The number of nitrogens with zero attached hydrogens (tertiary/aromatic N) is 1. The lowest BCUT2D eigenvalue weighted by Gasteiger charge is -2.13. The van der Waals surface area contributed by atoms with E-state index in [0.717, 1.165) is 57.2 Å². The second-order valence-electron chi connectivity index (χ2n) is 5.30. The van der Waals surface area contributed by atoms with Crippen LogP contribution in [0, 0.1) is 0 Å². The van der Waals surface area contributed by atoms with Gasteiger partial charge in [-0.2, -0.15) is 0 Å². The molecular weight excluding hydrogens is 405 g/mol. The van der Waals surface area contributed by atoms with E-state index in [1.165, 1.54) is 0 Å². The minimum absolute atomic E-state index is 0. The van der Waals surface area contributed by atoms with Gasteiger partial charge in [0.15, 0.2) is 5.96 Å². The third-order valence-electron chi connectivity index (χ3n) is 3.45. The van der Waals surface area contributed by atoms with Crippen LogP contribution in [0.1, 0.15) is 26.2 Å². The molecule has 0 bridgehead atoms. The number of benzene rings is 1. The average Bonchev–Trinajstić information content (AvgIpc) is 3.06. The molecule has 1 saturated heterocycles. The van der Waals surface area contributed by atoms with E-state index in [4.69, 9.17) is 9.47 Å². The van der Waals surface area contributed by atoms with Crippen molar-refractivity contribution in [2.45, 2.75) is 32.3 Å². The van der Waals surface area contributed by atoms with Crippen LogP contribution in [-0.4, -0.2) is 44.9 Å². The summed E-state index contributed by atoms with van der Waals surface area (Å²) in [5, 5.41) is 6.59. The van der Waals surface area contributed by atoms with Crippen LogP contribution in [0.5, 0.6) is 5.75 Å². The van der Waals surface area contributed by atoms with Crippen LogP contribution in [0.4, 0.5) is 0 Å². The first-order chi connectivity index (χ1) is 10.9. The van der Waals surface area contributed by atoms with Crippen molar-refractivity contribution in [3.63, 3.8) is 0 Å². The SMILES string of the molecule is CCNC(=NCC1CCCO1)NCCCOc1ccccc1.I. The highest BCUT2D eigenvalue weighted by Crippen LogP contribution is 2.11. The number of hydrogen-bond donors (Lipinski definition) is 2. The number of guanidine groups is 1. The first kappa shape index (κ1) is 20.0. The summed E-state index contributed by atoms with van der Waals surface area (Å²) < 4.78 is 11.3. The van der Waals surface area contributed by atoms with Crippen LogP contribution in [-0.2, 0) is 4.74 Å². The van der Waals surface area contributed by atoms with Crippen LogP contribution in [0.3, 0.4) is 0 Å². The summed E-state index contributed by atoms with van der Waals surface area (Å²) in [5.74, 6) is 1.78. The number of aliphatic imine (C=N–C) groups is 1. The summed E-state index contributed by atoms with van der Waals surface area (Å²) in [6.45, 7) is 6.07. The summed E-state index contributed by atoms with van der Waals surface area (Å²) in [7, 11) is 0. The zero-order valence-corrected chi connectivity index (χ0v) is 16.1. The van der Waals surface area contributed by atoms with Crippen molar-refractivity contribution in [2.75, 3.05) is 32.8 Å². The molecule has 1 aliphatic rings. The van der Waals surface area contributed by atoms with Gasteiger partial charge in [0.2, 0.25) is 0 Å². The monoisotopic (exact) mass is 433 g/mol. The topological polar surface area (TPSA) is 54.9 Å². The van der Waals surface area contributed by atoms with E-state index in [-0.39, 0.29) is 30.1 Å². The van der Waals surface area contributed by atoms with Gasteiger partial charge in [-0.05, 0) is 38.3 Å². The van der Waals surface area contributed by atoms with Gasteiger partial charge in [-0.3, -0.25) is 4.99 Å². The van der Waals surface area contributed by atoms with E-state index in [1.807, 2.05) is 30.3 Å². The molecule has 1 aliphatic heterocycles. The molecule has 6 heteroatoms. The predicted molar refractivity (Wildman–Crippen MR) is 105 cm³/mol. The van der Waals surface area contributed by atoms with Crippen LogP contribution < -0.4 is 15.4 Å². The standard InChI is InChI=1S/C17H27N3O2.HI/c1-2-18-17(20-14-16-10-6-12-22-16)19-11-7-13-21-15-8-4-3-5-9-15;/h3-5,8-9,16H,2,6-7,10-14H2,1H3,(H2,18,19,20);1H. The minimum Gasteiger partial charge on any atom is -0.494 e. The Labute approximate surface area is 156 Å². The van der Waals surface area contributed by atoms with Gasteiger partial charge in [-0.25, -0.2) is 0 Å². The lowest BCUT2D eigenvalue weighted by atomic mass is 10.2. The Balaban J connectivity index is 0.00000264. The first-order valence-corrected chi connectivity index (χ1v) is 8.20. The van der Waals surface area contributed by atoms with Crippen molar-refractivity contribution in [1.82, 2.24) is 10.6 Å². The smallest absolute Gasteiger partial charge is 0.191 e. The van der Waals surface area contributed by atoms with Crippen molar-refractivity contribution in [3.05, 3.63) is 30.3 Å². The van der Waals surface area contributed by atoms with Crippen LogP contribution >= 0.6 is 24.0 Å². The van der Waals surface area contributed by atoms with Crippen molar-refractivity contribution in [2.24, 2.45) is 4.99 Å². The second kappa shape index (κ2) is 12.4. The second-order valence-corrected chi connectivity index (χ2v) is 5.30. The van der Waals surface area contributed by atoms with Gasteiger partial charge in [0.1, 0.15) is 5.75 Å². The maximum absolute atomic E-state index is 5.67. The molecule has 1 fully saturated rings. The Bertz CT molecular complexity index is 437. The number of halogens is 1. The average molecular weight is 433 g/mol. The van der Waals surface area contributed by atoms with Gasteiger partial charge in [-0.15, -0.1) is 24.0 Å². The third-order valence-corrected chi connectivity index (χ3v) is 3.45.